The summed E-state index contributed by atoms with van der Waals surface area (Å²) in [6.07, 6.45) is 0. The molecule has 2 aromatic rings. The minimum absolute atomic E-state index is 0.167. The van der Waals surface area contributed by atoms with Crippen molar-refractivity contribution in [3.63, 3.8) is 0 Å². The molecule has 5 nitrogen and oxygen atoms in total. The van der Waals surface area contributed by atoms with Crippen LogP contribution >= 0.6 is 11.8 Å². The zero-order valence-corrected chi connectivity index (χ0v) is 14.4. The first-order valence-corrected chi connectivity index (χ1v) is 8.40. The Kier molecular flexibility index (Phi) is 7.47. The van der Waals surface area contributed by atoms with Gasteiger partial charge in [-0.15, -0.1) is 0 Å². The number of nitrogens with one attached hydrogen (secondary N) is 2. The van der Waals surface area contributed by atoms with Gasteiger partial charge >= 0.3 is 6.61 Å². The van der Waals surface area contributed by atoms with Crippen molar-refractivity contribution in [1.29, 1.82) is 0 Å². The van der Waals surface area contributed by atoms with Crippen molar-refractivity contribution in [3.8, 4) is 5.75 Å². The summed E-state index contributed by atoms with van der Waals surface area (Å²) < 4.78 is 54.1. The smallest absolute Gasteiger partial charge is 0.387 e. The van der Waals surface area contributed by atoms with Gasteiger partial charge in [-0.2, -0.15) is 17.6 Å². The zero-order chi connectivity index (χ0) is 19.8. The van der Waals surface area contributed by atoms with Crippen LogP contribution in [0.4, 0.5) is 23.2 Å². The number of anilines is 1. The number of amides is 2. The molecule has 0 aliphatic rings. The molecule has 2 N–H and O–H groups in total. The summed E-state index contributed by atoms with van der Waals surface area (Å²) in [5.74, 6) is -4.45. The normalized spacial score (nSPS) is 10.7. The fourth-order valence-electron chi connectivity index (χ4n) is 2.07. The van der Waals surface area contributed by atoms with Crippen molar-refractivity contribution >= 4 is 29.3 Å². The van der Waals surface area contributed by atoms with Gasteiger partial charge < -0.3 is 15.4 Å². The molecule has 144 valence electrons. The van der Waals surface area contributed by atoms with E-state index in [1.54, 1.807) is 12.1 Å². The lowest BCUT2D eigenvalue weighted by Gasteiger charge is -2.12. The summed E-state index contributed by atoms with van der Waals surface area (Å²) in [5.41, 5.74) is 0.00254. The minimum atomic E-state index is -3.11. The van der Waals surface area contributed by atoms with Crippen molar-refractivity contribution < 1.29 is 31.9 Å². The van der Waals surface area contributed by atoms with Crippen molar-refractivity contribution in [2.45, 2.75) is 17.3 Å². The van der Waals surface area contributed by atoms with Crippen LogP contribution in [0.5, 0.6) is 5.75 Å². The third kappa shape index (κ3) is 6.48. The highest BCUT2D eigenvalue weighted by Crippen LogP contribution is 2.31. The molecular formula is C17H14F4N2O3S. The third-order valence-electron chi connectivity index (χ3n) is 3.13. The fourth-order valence-corrected chi connectivity index (χ4v) is 2.67. The number of hydrogen-bond acceptors (Lipinski definition) is 4. The average Bonchev–Trinajstić information content (AvgIpc) is 2.61. The summed E-state index contributed by atoms with van der Waals surface area (Å²) in [6.45, 7) is -3.60. The average molecular weight is 402 g/mol. The van der Waals surface area contributed by atoms with E-state index in [9.17, 15) is 27.2 Å². The molecule has 0 fully saturated rings. The van der Waals surface area contributed by atoms with Gasteiger partial charge in [-0.05, 0) is 24.3 Å². The number of carbonyl (C=O) groups excluding carboxylic acids is 2. The topological polar surface area (TPSA) is 67.4 Å². The van der Waals surface area contributed by atoms with E-state index in [2.05, 4.69) is 15.4 Å². The third-order valence-corrected chi connectivity index (χ3v) is 3.92. The van der Waals surface area contributed by atoms with Crippen LogP contribution < -0.4 is 15.4 Å². The summed E-state index contributed by atoms with van der Waals surface area (Å²) in [7, 11) is 0. The van der Waals surface area contributed by atoms with Gasteiger partial charge in [-0.3, -0.25) is 9.59 Å². The van der Waals surface area contributed by atoms with Gasteiger partial charge in [-0.1, -0.05) is 36.0 Å². The highest BCUT2D eigenvalue weighted by atomic mass is 32.2. The molecule has 0 aliphatic carbocycles. The largest absolute Gasteiger partial charge is 0.434 e. The number of ether oxygens (including phenoxy) is 1. The molecule has 0 atom stereocenters. The number of carbonyl (C=O) groups is 2. The van der Waals surface area contributed by atoms with E-state index in [0.717, 1.165) is 0 Å². The Labute approximate surface area is 156 Å². The molecule has 0 bridgehead atoms. The molecule has 2 amide bonds. The zero-order valence-electron chi connectivity index (χ0n) is 13.6. The summed E-state index contributed by atoms with van der Waals surface area (Å²) in [5, 5.41) is 4.67. The van der Waals surface area contributed by atoms with Gasteiger partial charge in [0.1, 0.15) is 5.75 Å². The maximum absolute atomic E-state index is 12.5. The minimum Gasteiger partial charge on any atom is -0.434 e. The second-order valence-corrected chi connectivity index (χ2v) is 6.01. The lowest BCUT2D eigenvalue weighted by molar-refractivity contribution is -0.115. The fraction of sp³-hybridized carbons (Fsp3) is 0.176. The van der Waals surface area contributed by atoms with E-state index in [0.29, 0.717) is 0 Å². The molecule has 0 heterocycles. The van der Waals surface area contributed by atoms with Crippen LogP contribution in [0, 0.1) is 0 Å². The predicted molar refractivity (Wildman–Crippen MR) is 92.3 cm³/mol. The maximum atomic E-state index is 12.5. The van der Waals surface area contributed by atoms with E-state index in [4.69, 9.17) is 0 Å². The summed E-state index contributed by atoms with van der Waals surface area (Å²) in [6, 6.07) is 11.3. The molecule has 27 heavy (non-hydrogen) atoms. The first kappa shape index (κ1) is 20.6. The van der Waals surface area contributed by atoms with Crippen LogP contribution in [0.25, 0.3) is 0 Å². The highest BCUT2D eigenvalue weighted by Gasteiger charge is 2.17. The Morgan fingerprint density at radius 3 is 2.37 bits per heavy atom. The van der Waals surface area contributed by atoms with Crippen LogP contribution in [0.2, 0.25) is 0 Å². The van der Waals surface area contributed by atoms with Crippen LogP contribution in [-0.2, 0) is 4.79 Å². The van der Waals surface area contributed by atoms with Crippen LogP contribution in [0.3, 0.4) is 0 Å². The lowest BCUT2D eigenvalue weighted by Crippen LogP contribution is -2.33. The molecule has 0 saturated heterocycles. The number of alkyl halides is 4. The highest BCUT2D eigenvalue weighted by molar-refractivity contribution is 7.99. The van der Waals surface area contributed by atoms with Crippen molar-refractivity contribution in [1.82, 2.24) is 5.32 Å². The molecule has 10 heteroatoms. The molecule has 0 saturated carbocycles. The molecule has 0 spiro atoms. The summed E-state index contributed by atoms with van der Waals surface area (Å²) in [4.78, 5) is 24.2. The number of thioether (sulfide) groups is 1. The second-order valence-electron chi connectivity index (χ2n) is 4.98. The molecule has 2 rings (SSSR count). The molecule has 2 aromatic carbocycles. The predicted octanol–water partition coefficient (Wildman–Crippen LogP) is 3.97. The van der Waals surface area contributed by atoms with Gasteiger partial charge in [0.25, 0.3) is 11.7 Å². The Bertz CT molecular complexity index is 805. The van der Waals surface area contributed by atoms with E-state index in [1.165, 1.54) is 36.4 Å². The quantitative estimate of drug-likeness (QED) is 0.518. The Morgan fingerprint density at radius 1 is 1.00 bits per heavy atom. The first-order valence-electron chi connectivity index (χ1n) is 7.52. The van der Waals surface area contributed by atoms with Crippen LogP contribution in [0.1, 0.15) is 10.4 Å². The first-order chi connectivity index (χ1) is 12.9. The lowest BCUT2D eigenvalue weighted by atomic mass is 10.2. The Hall–Kier alpha value is -2.75. The number of halogens is 4. The number of hydrogen-bond donors (Lipinski definition) is 2. The van der Waals surface area contributed by atoms with Gasteiger partial charge in [0.05, 0.1) is 17.8 Å². The van der Waals surface area contributed by atoms with Gasteiger partial charge in [0, 0.05) is 4.90 Å². The molecule has 0 aliphatic heterocycles. The van der Waals surface area contributed by atoms with Crippen molar-refractivity contribution in [2.75, 3.05) is 11.9 Å². The Morgan fingerprint density at radius 2 is 1.67 bits per heavy atom. The number of benzene rings is 2. The molecule has 0 unspecified atom stereocenters. The SMILES string of the molecule is O=C(CNC(=O)c1ccccc1OC(F)F)Nc1ccccc1SC(F)F. The number of para-hydroxylation sites is 2. The van der Waals surface area contributed by atoms with Gasteiger partial charge in [0.15, 0.2) is 0 Å². The molecule has 0 aromatic heterocycles. The number of rotatable bonds is 8. The van der Waals surface area contributed by atoms with Gasteiger partial charge in [0.2, 0.25) is 5.91 Å². The molecule has 0 radical (unpaired) electrons. The van der Waals surface area contributed by atoms with E-state index < -0.39 is 30.7 Å². The van der Waals surface area contributed by atoms with Crippen LogP contribution in [-0.4, -0.2) is 30.7 Å². The van der Waals surface area contributed by atoms with E-state index in [-0.39, 0.29) is 33.7 Å². The van der Waals surface area contributed by atoms with E-state index in [1.807, 2.05) is 0 Å². The van der Waals surface area contributed by atoms with Crippen LogP contribution in [0.15, 0.2) is 53.4 Å². The Balaban J connectivity index is 1.98. The van der Waals surface area contributed by atoms with Crippen molar-refractivity contribution in [2.24, 2.45) is 0 Å². The van der Waals surface area contributed by atoms with E-state index >= 15 is 0 Å². The second kappa shape index (κ2) is 9.81. The van der Waals surface area contributed by atoms with Gasteiger partial charge in [-0.25, -0.2) is 0 Å². The monoisotopic (exact) mass is 402 g/mol. The maximum Gasteiger partial charge on any atom is 0.387 e. The molecular weight excluding hydrogens is 388 g/mol. The summed E-state index contributed by atoms with van der Waals surface area (Å²) >= 11 is 0.273. The van der Waals surface area contributed by atoms with Crippen molar-refractivity contribution in [3.05, 3.63) is 54.1 Å². The standard InChI is InChI=1S/C17H14F4N2O3S/c18-16(19)26-12-7-3-1-5-10(12)15(25)22-9-14(24)23-11-6-2-4-8-13(11)27-17(20)21/h1-8,16-17H,9H2,(H,22,25)(H,23,24).